The number of hydrogen-bond donors (Lipinski definition) is 2. The molecule has 240 valence electrons. The first-order valence-electron chi connectivity index (χ1n) is 15.6. The first-order valence-corrected chi connectivity index (χ1v) is 15.6. The van der Waals surface area contributed by atoms with Crippen molar-refractivity contribution in [3.05, 3.63) is 98.2 Å². The number of aryl methyl sites for hydroxylation is 2. The van der Waals surface area contributed by atoms with Crippen molar-refractivity contribution in [2.45, 2.75) is 84.8 Å². The zero-order valence-electron chi connectivity index (χ0n) is 27.2. The maximum absolute atomic E-state index is 14.3. The maximum Gasteiger partial charge on any atom is 0.267 e. The molecule has 3 atom stereocenters. The second kappa shape index (κ2) is 13.7. The van der Waals surface area contributed by atoms with Gasteiger partial charge in [-0.25, -0.2) is 9.49 Å². The van der Waals surface area contributed by atoms with Crippen LogP contribution in [-0.2, 0) is 16.0 Å². The fourth-order valence-electron chi connectivity index (χ4n) is 6.81. The van der Waals surface area contributed by atoms with Gasteiger partial charge < -0.3 is 15.1 Å². The van der Waals surface area contributed by atoms with E-state index in [4.69, 9.17) is 0 Å². The van der Waals surface area contributed by atoms with Crippen LogP contribution in [0.3, 0.4) is 0 Å². The quantitative estimate of drug-likeness (QED) is 0.337. The van der Waals surface area contributed by atoms with Crippen molar-refractivity contribution in [3.63, 3.8) is 0 Å². The number of halogens is 1. The number of nitrogens with zero attached hydrogens (tertiary/aromatic N) is 3. The first-order chi connectivity index (χ1) is 21.3. The molecule has 2 heterocycles. The third-order valence-corrected chi connectivity index (χ3v) is 9.32. The van der Waals surface area contributed by atoms with Crippen LogP contribution in [0, 0.1) is 25.1 Å². The summed E-state index contributed by atoms with van der Waals surface area (Å²) in [5.74, 6) is -1.18. The molecule has 1 aromatic heterocycles. The third kappa shape index (κ3) is 6.84. The number of likely N-dealkylation sites (tertiary alicyclic amines) is 1. The Bertz CT molecular complexity index is 1630. The monoisotopic (exact) mass is 617 g/mol. The van der Waals surface area contributed by atoms with Gasteiger partial charge in [-0.05, 0) is 93.5 Å². The molecule has 3 aromatic rings. The zero-order chi connectivity index (χ0) is 33.1. The average molecular weight is 618 g/mol. The van der Waals surface area contributed by atoms with Gasteiger partial charge in [-0.3, -0.25) is 19.2 Å². The molecule has 0 radical (unpaired) electrons. The molecule has 0 bridgehead atoms. The predicted molar refractivity (Wildman–Crippen MR) is 171 cm³/mol. The summed E-state index contributed by atoms with van der Waals surface area (Å²) < 4.78 is 14.3. The van der Waals surface area contributed by atoms with Gasteiger partial charge in [0.25, 0.3) is 11.5 Å². The van der Waals surface area contributed by atoms with E-state index in [0.717, 1.165) is 11.1 Å². The Kier molecular flexibility index (Phi) is 10.3. The van der Waals surface area contributed by atoms with E-state index in [2.05, 4.69) is 15.5 Å². The SMILES string of the molecule is CCC(CC)(C(=O)N(C)C)[C@H]1CC[C@@H](c2cccc(F)c2)N1C(=O)[C@@H](C)NC(=O)c1ccc(Cc2cc(C)n[nH]c2=O)c(C)c1. The van der Waals surface area contributed by atoms with Crippen LogP contribution in [-0.4, -0.2) is 63.9 Å². The summed E-state index contributed by atoms with van der Waals surface area (Å²) >= 11 is 0. The van der Waals surface area contributed by atoms with Crippen molar-refractivity contribution in [3.8, 4) is 0 Å². The molecule has 1 fully saturated rings. The minimum Gasteiger partial charge on any atom is -0.348 e. The summed E-state index contributed by atoms with van der Waals surface area (Å²) in [6, 6.07) is 11.4. The number of carbonyl (C=O) groups is 3. The lowest BCUT2D eigenvalue weighted by molar-refractivity contribution is -0.150. The molecule has 2 N–H and O–H groups in total. The predicted octanol–water partition coefficient (Wildman–Crippen LogP) is 4.86. The number of H-pyrrole nitrogens is 1. The number of rotatable bonds is 10. The lowest BCUT2D eigenvalue weighted by Crippen LogP contribution is -2.57. The highest BCUT2D eigenvalue weighted by Crippen LogP contribution is 2.47. The van der Waals surface area contributed by atoms with Crippen molar-refractivity contribution < 1.29 is 18.8 Å². The fourth-order valence-corrected chi connectivity index (χ4v) is 6.81. The minimum absolute atomic E-state index is 0.0497. The Balaban J connectivity index is 1.61. The lowest BCUT2D eigenvalue weighted by atomic mass is 9.73. The van der Waals surface area contributed by atoms with Crippen LogP contribution in [0.4, 0.5) is 4.39 Å². The van der Waals surface area contributed by atoms with Gasteiger partial charge in [0.2, 0.25) is 11.8 Å². The summed E-state index contributed by atoms with van der Waals surface area (Å²) in [5, 5.41) is 9.28. The van der Waals surface area contributed by atoms with E-state index in [9.17, 15) is 23.6 Å². The van der Waals surface area contributed by atoms with Crippen LogP contribution in [0.15, 0.2) is 53.3 Å². The van der Waals surface area contributed by atoms with Crippen molar-refractivity contribution in [1.29, 1.82) is 0 Å². The van der Waals surface area contributed by atoms with Crippen molar-refractivity contribution in [2.75, 3.05) is 14.1 Å². The van der Waals surface area contributed by atoms with E-state index >= 15 is 0 Å². The number of carbonyl (C=O) groups excluding carboxylic acids is 3. The molecule has 0 unspecified atom stereocenters. The van der Waals surface area contributed by atoms with Crippen LogP contribution in [0.2, 0.25) is 0 Å². The van der Waals surface area contributed by atoms with E-state index in [1.54, 1.807) is 68.1 Å². The van der Waals surface area contributed by atoms with Crippen LogP contribution in [0.5, 0.6) is 0 Å². The number of aromatic amines is 1. The van der Waals surface area contributed by atoms with E-state index in [1.165, 1.54) is 12.1 Å². The molecule has 10 heteroatoms. The summed E-state index contributed by atoms with van der Waals surface area (Å²) in [6.45, 7) is 9.25. The van der Waals surface area contributed by atoms with Gasteiger partial charge in [0.1, 0.15) is 11.9 Å². The Morgan fingerprint density at radius 2 is 1.78 bits per heavy atom. The molecular weight excluding hydrogens is 573 g/mol. The van der Waals surface area contributed by atoms with Crippen LogP contribution in [0.25, 0.3) is 0 Å². The summed E-state index contributed by atoms with van der Waals surface area (Å²) in [5.41, 5.74) is 2.98. The lowest BCUT2D eigenvalue weighted by Gasteiger charge is -2.44. The fraction of sp³-hybridized carbons (Fsp3) is 0.457. The van der Waals surface area contributed by atoms with E-state index in [1.807, 2.05) is 26.8 Å². The van der Waals surface area contributed by atoms with Gasteiger partial charge in [0.15, 0.2) is 0 Å². The van der Waals surface area contributed by atoms with E-state index in [-0.39, 0.29) is 17.4 Å². The number of nitrogens with one attached hydrogen (secondary N) is 2. The molecule has 0 saturated carbocycles. The topological polar surface area (TPSA) is 115 Å². The van der Waals surface area contributed by atoms with Gasteiger partial charge >= 0.3 is 0 Å². The van der Waals surface area contributed by atoms with Crippen molar-refractivity contribution in [1.82, 2.24) is 25.3 Å². The average Bonchev–Trinajstić information content (AvgIpc) is 3.45. The maximum atomic E-state index is 14.3. The van der Waals surface area contributed by atoms with Gasteiger partial charge in [0, 0.05) is 37.7 Å². The van der Waals surface area contributed by atoms with E-state index < -0.39 is 35.3 Å². The van der Waals surface area contributed by atoms with Gasteiger partial charge in [-0.15, -0.1) is 0 Å². The smallest absolute Gasteiger partial charge is 0.267 e. The summed E-state index contributed by atoms with van der Waals surface area (Å²) in [4.78, 5) is 56.9. The summed E-state index contributed by atoms with van der Waals surface area (Å²) in [7, 11) is 3.44. The number of hydrogen-bond acceptors (Lipinski definition) is 5. The molecule has 4 rings (SSSR count). The molecule has 45 heavy (non-hydrogen) atoms. The Labute approximate surface area is 264 Å². The highest BCUT2D eigenvalue weighted by atomic mass is 19.1. The number of amides is 3. The molecular formula is C35H44FN5O4. The van der Waals surface area contributed by atoms with Gasteiger partial charge in [0.05, 0.1) is 17.2 Å². The molecule has 3 amide bonds. The molecule has 2 aromatic carbocycles. The second-order valence-electron chi connectivity index (χ2n) is 12.3. The van der Waals surface area contributed by atoms with Crippen molar-refractivity contribution >= 4 is 17.7 Å². The number of aromatic nitrogens is 2. The molecule has 1 saturated heterocycles. The Hall–Kier alpha value is -4.34. The standard InChI is InChI=1S/C35H44FN5O4/c1-8-35(9-2,34(45)40(6)7)30-16-15-29(25-11-10-12-28(36)20-25)41(30)33(44)23(5)37-31(42)26-14-13-24(21(3)17-26)19-27-18-22(4)38-39-32(27)43/h10-14,17-18,20,23,29-30H,8-9,15-16,19H2,1-7H3,(H,37,42)(H,39,43)/t23-,29+,30-/m1/s1. The van der Waals surface area contributed by atoms with Crippen LogP contribution < -0.4 is 10.9 Å². The molecule has 9 nitrogen and oxygen atoms in total. The van der Waals surface area contributed by atoms with E-state index in [0.29, 0.717) is 54.5 Å². The first kappa shape index (κ1) is 33.6. The molecule has 0 aliphatic carbocycles. The molecule has 1 aliphatic rings. The number of benzene rings is 2. The van der Waals surface area contributed by atoms with Crippen molar-refractivity contribution in [2.24, 2.45) is 5.41 Å². The minimum atomic E-state index is -0.909. The zero-order valence-corrected chi connectivity index (χ0v) is 27.2. The Morgan fingerprint density at radius 3 is 2.40 bits per heavy atom. The normalized spacial score (nSPS) is 17.2. The van der Waals surface area contributed by atoms with Gasteiger partial charge in [-0.2, -0.15) is 5.10 Å². The van der Waals surface area contributed by atoms with Gasteiger partial charge in [-0.1, -0.05) is 32.0 Å². The highest BCUT2D eigenvalue weighted by Gasteiger charge is 2.53. The third-order valence-electron chi connectivity index (χ3n) is 9.32. The second-order valence-corrected chi connectivity index (χ2v) is 12.3. The van der Waals surface area contributed by atoms with Crippen LogP contribution >= 0.6 is 0 Å². The molecule has 1 aliphatic heterocycles. The highest BCUT2D eigenvalue weighted by molar-refractivity contribution is 5.98. The largest absolute Gasteiger partial charge is 0.348 e. The Morgan fingerprint density at radius 1 is 1.07 bits per heavy atom. The summed E-state index contributed by atoms with van der Waals surface area (Å²) in [6.07, 6.45) is 2.60. The van der Waals surface area contributed by atoms with Crippen LogP contribution in [0.1, 0.15) is 90.8 Å². The molecule has 0 spiro atoms.